The second-order valence-corrected chi connectivity index (χ2v) is 5.50. The van der Waals surface area contributed by atoms with E-state index in [1.165, 1.54) is 23.9 Å². The van der Waals surface area contributed by atoms with Gasteiger partial charge in [-0.1, -0.05) is 18.2 Å². The molecule has 0 bridgehead atoms. The van der Waals surface area contributed by atoms with Gasteiger partial charge in [0.1, 0.15) is 17.3 Å². The molecular formula is C15H11FO3S. The molecule has 0 unspecified atom stereocenters. The highest BCUT2D eigenvalue weighted by Crippen LogP contribution is 2.49. The summed E-state index contributed by atoms with van der Waals surface area (Å²) in [5, 5.41) is 8.63. The maximum atomic E-state index is 13.5. The highest BCUT2D eigenvalue weighted by Gasteiger charge is 2.28. The second kappa shape index (κ2) is 5.17. The Balaban J connectivity index is 2.06. The van der Waals surface area contributed by atoms with Crippen LogP contribution in [-0.4, -0.2) is 16.8 Å². The molecule has 1 aliphatic heterocycles. The highest BCUT2D eigenvalue weighted by atomic mass is 32.2. The topological polar surface area (TPSA) is 46.5 Å². The maximum absolute atomic E-state index is 13.5. The number of para-hydroxylation sites is 1. The van der Waals surface area contributed by atoms with Crippen LogP contribution in [0.4, 0.5) is 4.39 Å². The van der Waals surface area contributed by atoms with Crippen molar-refractivity contribution >= 4 is 17.7 Å². The first-order chi connectivity index (χ1) is 9.65. The summed E-state index contributed by atoms with van der Waals surface area (Å²) in [6, 6.07) is 11.7. The van der Waals surface area contributed by atoms with Crippen LogP contribution in [0.5, 0.6) is 11.5 Å². The van der Waals surface area contributed by atoms with Gasteiger partial charge >= 0.3 is 5.97 Å². The molecule has 2 aromatic rings. The summed E-state index contributed by atoms with van der Waals surface area (Å²) in [7, 11) is 0. The molecule has 0 saturated carbocycles. The number of ether oxygens (including phenoxy) is 1. The van der Waals surface area contributed by atoms with Crippen LogP contribution in [0.3, 0.4) is 0 Å². The second-order valence-electron chi connectivity index (χ2n) is 4.41. The minimum Gasteiger partial charge on any atom is -0.481 e. The van der Waals surface area contributed by atoms with E-state index in [2.05, 4.69) is 0 Å². The van der Waals surface area contributed by atoms with Crippen LogP contribution in [0.15, 0.2) is 42.5 Å². The first-order valence-electron chi connectivity index (χ1n) is 6.05. The van der Waals surface area contributed by atoms with Crippen molar-refractivity contribution in [3.63, 3.8) is 0 Å². The number of hydrogen-bond acceptors (Lipinski definition) is 3. The standard InChI is InChI=1S/C15H11FO3S/c16-9-5-6-13-11(7-9)15(20-8-14(17)18)10-3-1-2-4-12(10)19-13/h1-7,15H,8H2,(H,17,18)/t15-/m1/s1. The molecule has 20 heavy (non-hydrogen) atoms. The molecule has 2 aromatic carbocycles. The van der Waals surface area contributed by atoms with Crippen molar-refractivity contribution in [2.24, 2.45) is 0 Å². The largest absolute Gasteiger partial charge is 0.481 e. The lowest BCUT2D eigenvalue weighted by Crippen LogP contribution is -2.10. The number of benzene rings is 2. The number of halogens is 1. The molecule has 5 heteroatoms. The van der Waals surface area contributed by atoms with Crippen molar-refractivity contribution < 1.29 is 19.0 Å². The minimum absolute atomic E-state index is 0.0467. The zero-order valence-corrected chi connectivity index (χ0v) is 11.2. The Kier molecular flexibility index (Phi) is 3.36. The average Bonchev–Trinajstić information content (AvgIpc) is 2.43. The molecule has 0 fully saturated rings. The van der Waals surface area contributed by atoms with E-state index in [1.54, 1.807) is 6.07 Å². The van der Waals surface area contributed by atoms with Gasteiger partial charge in [-0.3, -0.25) is 4.79 Å². The number of rotatable bonds is 3. The Morgan fingerprint density at radius 3 is 2.75 bits per heavy atom. The van der Waals surface area contributed by atoms with Crippen LogP contribution < -0.4 is 4.74 Å². The Morgan fingerprint density at radius 1 is 1.20 bits per heavy atom. The van der Waals surface area contributed by atoms with Gasteiger partial charge < -0.3 is 9.84 Å². The van der Waals surface area contributed by atoms with Gasteiger partial charge in [0.05, 0.1) is 11.0 Å². The smallest absolute Gasteiger partial charge is 0.313 e. The number of carbonyl (C=O) groups is 1. The van der Waals surface area contributed by atoms with Gasteiger partial charge in [-0.15, -0.1) is 11.8 Å². The Morgan fingerprint density at radius 2 is 1.95 bits per heavy atom. The average molecular weight is 290 g/mol. The molecule has 0 aromatic heterocycles. The van der Waals surface area contributed by atoms with E-state index < -0.39 is 5.97 Å². The van der Waals surface area contributed by atoms with Gasteiger partial charge in [-0.05, 0) is 24.3 Å². The van der Waals surface area contributed by atoms with Crippen LogP contribution in [0.1, 0.15) is 16.4 Å². The number of thioether (sulfide) groups is 1. The summed E-state index contributed by atoms with van der Waals surface area (Å²) in [4.78, 5) is 10.8. The monoisotopic (exact) mass is 290 g/mol. The first-order valence-corrected chi connectivity index (χ1v) is 7.09. The van der Waals surface area contributed by atoms with Crippen LogP contribution in [-0.2, 0) is 4.79 Å². The molecule has 0 spiro atoms. The van der Waals surface area contributed by atoms with Gasteiger partial charge in [-0.25, -0.2) is 4.39 Å². The van der Waals surface area contributed by atoms with E-state index in [-0.39, 0.29) is 16.8 Å². The normalized spacial score (nSPS) is 15.9. The zero-order valence-electron chi connectivity index (χ0n) is 10.4. The fraction of sp³-hybridized carbons (Fsp3) is 0.133. The van der Waals surface area contributed by atoms with E-state index in [1.807, 2.05) is 24.3 Å². The number of carboxylic acids is 1. The summed E-state index contributed by atoms with van der Waals surface area (Å²) in [6.07, 6.45) is 0. The Hall–Kier alpha value is -2.01. The molecule has 0 amide bonds. The van der Waals surface area contributed by atoms with Gasteiger partial charge in [0.2, 0.25) is 0 Å². The lowest BCUT2D eigenvalue weighted by Gasteiger charge is -2.27. The van der Waals surface area contributed by atoms with E-state index in [9.17, 15) is 9.18 Å². The number of carboxylic acid groups (broad SMARTS) is 1. The third-order valence-electron chi connectivity index (χ3n) is 3.05. The molecule has 0 saturated heterocycles. The summed E-state index contributed by atoms with van der Waals surface area (Å²) >= 11 is 1.25. The molecular weight excluding hydrogens is 279 g/mol. The van der Waals surface area contributed by atoms with Crippen LogP contribution in [0, 0.1) is 5.82 Å². The third kappa shape index (κ3) is 2.36. The number of hydrogen-bond donors (Lipinski definition) is 1. The summed E-state index contributed by atoms with van der Waals surface area (Å²) in [6.45, 7) is 0. The fourth-order valence-corrected chi connectivity index (χ4v) is 3.27. The highest BCUT2D eigenvalue weighted by molar-refractivity contribution is 8.00. The van der Waals surface area contributed by atoms with Crippen LogP contribution >= 0.6 is 11.8 Å². The van der Waals surface area contributed by atoms with Gasteiger partial charge in [0.15, 0.2) is 0 Å². The van der Waals surface area contributed by atoms with E-state index in [0.29, 0.717) is 17.1 Å². The van der Waals surface area contributed by atoms with Crippen LogP contribution in [0.2, 0.25) is 0 Å². The SMILES string of the molecule is O=C(O)CS[C@@H]1c2ccccc2Oc2ccc(F)cc21. The Bertz CT molecular complexity index is 672. The molecule has 1 N–H and O–H groups in total. The molecule has 1 atom stereocenters. The summed E-state index contributed by atoms with van der Waals surface area (Å²) < 4.78 is 19.2. The summed E-state index contributed by atoms with van der Waals surface area (Å²) in [5.74, 6) is -0.0262. The van der Waals surface area contributed by atoms with Gasteiger partial charge in [0.25, 0.3) is 0 Å². The first kappa shape index (κ1) is 13.0. The quantitative estimate of drug-likeness (QED) is 0.933. The van der Waals surface area contributed by atoms with E-state index in [4.69, 9.17) is 9.84 Å². The molecule has 102 valence electrons. The third-order valence-corrected chi connectivity index (χ3v) is 4.30. The van der Waals surface area contributed by atoms with Crippen molar-refractivity contribution in [1.29, 1.82) is 0 Å². The molecule has 3 nitrogen and oxygen atoms in total. The predicted octanol–water partition coefficient (Wildman–Crippen LogP) is 3.84. The molecule has 3 rings (SSSR count). The number of fused-ring (bicyclic) bond motifs is 2. The van der Waals surface area contributed by atoms with Crippen molar-refractivity contribution in [2.45, 2.75) is 5.25 Å². The van der Waals surface area contributed by atoms with Gasteiger partial charge in [-0.2, -0.15) is 0 Å². The van der Waals surface area contributed by atoms with Crippen molar-refractivity contribution in [3.8, 4) is 11.5 Å². The molecule has 0 aliphatic carbocycles. The predicted molar refractivity (Wildman–Crippen MR) is 74.9 cm³/mol. The number of aliphatic carboxylic acids is 1. The zero-order chi connectivity index (χ0) is 14.1. The minimum atomic E-state index is -0.892. The van der Waals surface area contributed by atoms with E-state index >= 15 is 0 Å². The lowest BCUT2D eigenvalue weighted by molar-refractivity contribution is -0.133. The Labute approximate surface area is 119 Å². The molecule has 1 aliphatic rings. The fourth-order valence-electron chi connectivity index (χ4n) is 2.23. The lowest BCUT2D eigenvalue weighted by atomic mass is 10.00. The van der Waals surface area contributed by atoms with Gasteiger partial charge in [0, 0.05) is 11.1 Å². The van der Waals surface area contributed by atoms with Crippen molar-refractivity contribution in [1.82, 2.24) is 0 Å². The van der Waals surface area contributed by atoms with Crippen molar-refractivity contribution in [3.05, 3.63) is 59.4 Å². The molecule has 0 radical (unpaired) electrons. The molecule has 1 heterocycles. The van der Waals surface area contributed by atoms with Crippen molar-refractivity contribution in [2.75, 3.05) is 5.75 Å². The van der Waals surface area contributed by atoms with Crippen LogP contribution in [0.25, 0.3) is 0 Å². The van der Waals surface area contributed by atoms with E-state index in [0.717, 1.165) is 5.56 Å². The maximum Gasteiger partial charge on any atom is 0.313 e. The summed E-state index contributed by atoms with van der Waals surface area (Å²) in [5.41, 5.74) is 1.55.